The van der Waals surface area contributed by atoms with E-state index in [1.54, 1.807) is 12.7 Å². The third-order valence-corrected chi connectivity index (χ3v) is 4.63. The van der Waals surface area contributed by atoms with Crippen molar-refractivity contribution in [2.24, 2.45) is 17.6 Å². The Bertz CT molecular complexity index is 446. The van der Waals surface area contributed by atoms with Gasteiger partial charge < -0.3 is 10.6 Å². The van der Waals surface area contributed by atoms with Crippen LogP contribution in [0.1, 0.15) is 32.1 Å². The highest BCUT2D eigenvalue weighted by Gasteiger charge is 2.35. The van der Waals surface area contributed by atoms with Crippen LogP contribution < -0.4 is 5.73 Å². The normalized spacial score (nSPS) is 30.6. The zero-order valence-corrected chi connectivity index (χ0v) is 11.8. The Morgan fingerprint density at radius 1 is 1.30 bits per heavy atom. The number of aromatic nitrogens is 3. The Balaban J connectivity index is 1.58. The first kappa shape index (κ1) is 13.5. The summed E-state index contributed by atoms with van der Waals surface area (Å²) in [6.07, 6.45) is 8.58. The molecule has 0 bridgehead atoms. The van der Waals surface area contributed by atoms with E-state index >= 15 is 0 Å². The van der Waals surface area contributed by atoms with Crippen molar-refractivity contribution >= 4 is 5.91 Å². The van der Waals surface area contributed by atoms with Gasteiger partial charge in [-0.05, 0) is 31.6 Å². The van der Waals surface area contributed by atoms with Crippen LogP contribution in [0.15, 0.2) is 12.7 Å². The fraction of sp³-hybridized carbons (Fsp3) is 0.786. The highest BCUT2D eigenvalue weighted by atomic mass is 16.2. The molecule has 6 nitrogen and oxygen atoms in total. The second kappa shape index (κ2) is 5.91. The van der Waals surface area contributed by atoms with Crippen LogP contribution in [0.3, 0.4) is 0 Å². The number of amides is 1. The molecule has 2 aliphatic rings. The number of rotatable bonds is 3. The van der Waals surface area contributed by atoms with E-state index in [4.69, 9.17) is 5.73 Å². The minimum absolute atomic E-state index is 0.0557. The molecule has 3 atom stereocenters. The van der Waals surface area contributed by atoms with Gasteiger partial charge in [-0.15, -0.1) is 0 Å². The molecule has 6 heteroatoms. The molecule has 1 aliphatic carbocycles. The average Bonchev–Trinajstić information content (AvgIpc) is 3.10. The van der Waals surface area contributed by atoms with E-state index in [0.29, 0.717) is 5.92 Å². The Morgan fingerprint density at radius 3 is 2.90 bits per heavy atom. The molecule has 1 aliphatic heterocycles. The van der Waals surface area contributed by atoms with Crippen molar-refractivity contribution in [3.05, 3.63) is 12.7 Å². The Labute approximate surface area is 119 Å². The molecule has 0 spiro atoms. The maximum absolute atomic E-state index is 12.6. The van der Waals surface area contributed by atoms with Crippen molar-refractivity contribution in [1.29, 1.82) is 0 Å². The van der Waals surface area contributed by atoms with E-state index in [-0.39, 0.29) is 17.9 Å². The van der Waals surface area contributed by atoms with Gasteiger partial charge in [-0.25, -0.2) is 4.98 Å². The largest absolute Gasteiger partial charge is 0.342 e. The summed E-state index contributed by atoms with van der Waals surface area (Å²) in [7, 11) is 0. The van der Waals surface area contributed by atoms with Crippen LogP contribution in [0.25, 0.3) is 0 Å². The van der Waals surface area contributed by atoms with Crippen molar-refractivity contribution < 1.29 is 4.79 Å². The average molecular weight is 277 g/mol. The highest BCUT2D eigenvalue weighted by molar-refractivity contribution is 5.80. The van der Waals surface area contributed by atoms with Gasteiger partial charge in [-0.3, -0.25) is 9.48 Å². The first-order chi connectivity index (χ1) is 9.74. The standard InChI is InChI=1S/C14H23N5O/c15-13-5-1-4-12(13)14(20)18-6-2-3-11(7-18)8-19-10-16-9-17-19/h9-13H,1-8,15H2. The highest BCUT2D eigenvalue weighted by Crippen LogP contribution is 2.28. The number of carbonyl (C=O) groups is 1. The van der Waals surface area contributed by atoms with E-state index in [0.717, 1.165) is 51.7 Å². The van der Waals surface area contributed by atoms with E-state index < -0.39 is 0 Å². The van der Waals surface area contributed by atoms with Gasteiger partial charge in [0.05, 0.1) is 5.92 Å². The number of likely N-dealkylation sites (tertiary alicyclic amines) is 1. The van der Waals surface area contributed by atoms with Crippen LogP contribution in [-0.4, -0.2) is 44.7 Å². The van der Waals surface area contributed by atoms with Crippen molar-refractivity contribution in [3.63, 3.8) is 0 Å². The molecule has 1 amide bonds. The summed E-state index contributed by atoms with van der Waals surface area (Å²) in [5.74, 6) is 0.811. The predicted octanol–water partition coefficient (Wildman–Crippen LogP) is 0.644. The molecule has 1 aromatic rings. The third-order valence-electron chi connectivity index (χ3n) is 4.63. The summed E-state index contributed by atoms with van der Waals surface area (Å²) in [5, 5.41) is 4.15. The fourth-order valence-electron chi connectivity index (χ4n) is 3.54. The van der Waals surface area contributed by atoms with Gasteiger partial charge in [0.25, 0.3) is 0 Å². The second-order valence-electron chi connectivity index (χ2n) is 6.11. The van der Waals surface area contributed by atoms with Crippen molar-refractivity contribution in [2.75, 3.05) is 13.1 Å². The van der Waals surface area contributed by atoms with Gasteiger partial charge in [0.1, 0.15) is 12.7 Å². The van der Waals surface area contributed by atoms with Gasteiger partial charge in [-0.2, -0.15) is 5.10 Å². The Hall–Kier alpha value is -1.43. The monoisotopic (exact) mass is 277 g/mol. The lowest BCUT2D eigenvalue weighted by atomic mass is 9.95. The number of hydrogen-bond donors (Lipinski definition) is 1. The van der Waals surface area contributed by atoms with Crippen LogP contribution in [0.2, 0.25) is 0 Å². The molecule has 2 heterocycles. The third kappa shape index (κ3) is 2.85. The number of hydrogen-bond acceptors (Lipinski definition) is 4. The number of piperidine rings is 1. The molecule has 20 heavy (non-hydrogen) atoms. The van der Waals surface area contributed by atoms with Crippen LogP contribution >= 0.6 is 0 Å². The summed E-state index contributed by atoms with van der Waals surface area (Å²) in [6, 6.07) is 0.0678. The molecule has 2 N–H and O–H groups in total. The van der Waals surface area contributed by atoms with Gasteiger partial charge in [0.15, 0.2) is 0 Å². The van der Waals surface area contributed by atoms with Gasteiger partial charge in [-0.1, -0.05) is 6.42 Å². The first-order valence-corrected chi connectivity index (χ1v) is 7.61. The minimum atomic E-state index is 0.0557. The van der Waals surface area contributed by atoms with E-state index in [9.17, 15) is 4.79 Å². The van der Waals surface area contributed by atoms with E-state index in [1.807, 2.05) is 9.58 Å². The maximum Gasteiger partial charge on any atom is 0.227 e. The zero-order chi connectivity index (χ0) is 13.9. The van der Waals surface area contributed by atoms with Crippen LogP contribution in [0.5, 0.6) is 0 Å². The molecule has 0 aromatic carbocycles. The molecular weight excluding hydrogens is 254 g/mol. The van der Waals surface area contributed by atoms with Crippen molar-refractivity contribution in [1.82, 2.24) is 19.7 Å². The zero-order valence-electron chi connectivity index (χ0n) is 11.8. The molecule has 110 valence electrons. The molecule has 0 radical (unpaired) electrons. The van der Waals surface area contributed by atoms with Crippen molar-refractivity contribution in [3.8, 4) is 0 Å². The smallest absolute Gasteiger partial charge is 0.227 e. The lowest BCUT2D eigenvalue weighted by Crippen LogP contribution is -2.46. The lowest BCUT2D eigenvalue weighted by Gasteiger charge is -2.35. The van der Waals surface area contributed by atoms with Gasteiger partial charge >= 0.3 is 0 Å². The number of nitrogens with zero attached hydrogens (tertiary/aromatic N) is 4. The summed E-state index contributed by atoms with van der Waals surface area (Å²) in [5.41, 5.74) is 6.06. The van der Waals surface area contributed by atoms with Crippen molar-refractivity contribution in [2.45, 2.75) is 44.7 Å². The Morgan fingerprint density at radius 2 is 2.20 bits per heavy atom. The van der Waals surface area contributed by atoms with Crippen LogP contribution in [0, 0.1) is 11.8 Å². The van der Waals surface area contributed by atoms with Gasteiger partial charge in [0.2, 0.25) is 5.91 Å². The Kier molecular flexibility index (Phi) is 4.00. The quantitative estimate of drug-likeness (QED) is 0.879. The summed E-state index contributed by atoms with van der Waals surface area (Å²) >= 11 is 0. The van der Waals surface area contributed by atoms with Gasteiger partial charge in [0, 0.05) is 25.7 Å². The van der Waals surface area contributed by atoms with Crippen LogP contribution in [0.4, 0.5) is 0 Å². The molecule has 1 saturated heterocycles. The summed E-state index contributed by atoms with van der Waals surface area (Å²) < 4.78 is 1.86. The van der Waals surface area contributed by atoms with E-state index in [1.165, 1.54) is 0 Å². The SMILES string of the molecule is NC1CCCC1C(=O)N1CCCC(Cn2cncn2)C1. The maximum atomic E-state index is 12.6. The first-order valence-electron chi connectivity index (χ1n) is 7.61. The van der Waals surface area contributed by atoms with Crippen LogP contribution in [-0.2, 0) is 11.3 Å². The number of carbonyl (C=O) groups excluding carboxylic acids is 1. The molecule has 3 unspecified atom stereocenters. The molecule has 1 saturated carbocycles. The molecule has 2 fully saturated rings. The number of nitrogens with two attached hydrogens (primary N) is 1. The summed E-state index contributed by atoms with van der Waals surface area (Å²) in [6.45, 7) is 2.57. The van der Waals surface area contributed by atoms with E-state index in [2.05, 4.69) is 10.1 Å². The second-order valence-corrected chi connectivity index (χ2v) is 6.11. The molecular formula is C14H23N5O. The summed E-state index contributed by atoms with van der Waals surface area (Å²) in [4.78, 5) is 18.6. The fourth-order valence-corrected chi connectivity index (χ4v) is 3.54. The molecule has 3 rings (SSSR count). The molecule has 1 aromatic heterocycles. The minimum Gasteiger partial charge on any atom is -0.342 e. The lowest BCUT2D eigenvalue weighted by molar-refractivity contribution is -0.137. The predicted molar refractivity (Wildman–Crippen MR) is 74.6 cm³/mol. The topological polar surface area (TPSA) is 77.0 Å².